The van der Waals surface area contributed by atoms with Crippen LogP contribution in [-0.2, 0) is 11.2 Å². The van der Waals surface area contributed by atoms with Gasteiger partial charge in [0.25, 0.3) is 0 Å². The molecule has 1 aliphatic heterocycles. The van der Waals surface area contributed by atoms with Gasteiger partial charge in [0.15, 0.2) is 0 Å². The van der Waals surface area contributed by atoms with Crippen LogP contribution in [0.15, 0.2) is 24.3 Å². The van der Waals surface area contributed by atoms with Gasteiger partial charge in [-0.15, -0.1) is 0 Å². The van der Waals surface area contributed by atoms with Crippen LogP contribution in [0.4, 0.5) is 5.69 Å². The van der Waals surface area contributed by atoms with Crippen LogP contribution in [-0.4, -0.2) is 32.1 Å². The molecule has 0 aromatic heterocycles. The summed E-state index contributed by atoms with van der Waals surface area (Å²) in [6.07, 6.45) is 2.89. The molecule has 0 bridgehead atoms. The molecule has 2 rings (SSSR count). The molecule has 4 nitrogen and oxygen atoms in total. The molecule has 1 aromatic carbocycles. The van der Waals surface area contributed by atoms with Gasteiger partial charge in [-0.3, -0.25) is 4.79 Å². The number of hydrogen-bond acceptors (Lipinski definition) is 3. The number of likely N-dealkylation sites (N-methyl/N-ethyl adjacent to an activating group) is 1. The first-order valence-corrected chi connectivity index (χ1v) is 6.54. The summed E-state index contributed by atoms with van der Waals surface area (Å²) in [6.45, 7) is 2.16. The minimum Gasteiger partial charge on any atom is -0.381 e. The number of carbonyl (C=O) groups excluding carboxylic acids is 1. The van der Waals surface area contributed by atoms with Gasteiger partial charge in [-0.2, -0.15) is 0 Å². The second kappa shape index (κ2) is 6.40. The second-order valence-corrected chi connectivity index (χ2v) is 4.73. The third-order valence-electron chi connectivity index (χ3n) is 3.27. The van der Waals surface area contributed by atoms with E-state index in [1.54, 1.807) is 7.05 Å². The van der Waals surface area contributed by atoms with E-state index in [9.17, 15) is 4.79 Å². The normalized spacial score (nSPS) is 19.3. The first kappa shape index (κ1) is 12.9. The van der Waals surface area contributed by atoms with Crippen molar-refractivity contribution in [2.24, 2.45) is 0 Å². The fraction of sp³-hybridized carbons (Fsp3) is 0.500. The number of carbonyl (C=O) groups is 1. The van der Waals surface area contributed by atoms with E-state index in [2.05, 4.69) is 16.0 Å². The van der Waals surface area contributed by atoms with E-state index >= 15 is 0 Å². The van der Waals surface area contributed by atoms with Crippen molar-refractivity contribution in [3.63, 3.8) is 0 Å². The Morgan fingerprint density at radius 1 is 1.39 bits per heavy atom. The predicted octanol–water partition coefficient (Wildman–Crippen LogP) is 1.14. The van der Waals surface area contributed by atoms with E-state index in [1.807, 2.05) is 24.3 Å². The van der Waals surface area contributed by atoms with Crippen molar-refractivity contribution in [3.05, 3.63) is 29.8 Å². The van der Waals surface area contributed by atoms with Crippen LogP contribution >= 0.6 is 0 Å². The largest absolute Gasteiger partial charge is 0.381 e. The fourth-order valence-electron chi connectivity index (χ4n) is 2.20. The van der Waals surface area contributed by atoms with Gasteiger partial charge in [-0.05, 0) is 37.1 Å². The van der Waals surface area contributed by atoms with Gasteiger partial charge >= 0.3 is 0 Å². The number of amides is 1. The van der Waals surface area contributed by atoms with E-state index in [-0.39, 0.29) is 5.91 Å². The van der Waals surface area contributed by atoms with E-state index in [1.165, 1.54) is 12.8 Å². The van der Waals surface area contributed by atoms with Crippen LogP contribution in [0.2, 0.25) is 0 Å². The van der Waals surface area contributed by atoms with Crippen molar-refractivity contribution in [2.75, 3.05) is 25.5 Å². The zero-order valence-corrected chi connectivity index (χ0v) is 10.8. The SMILES string of the molecule is CNC(=O)Cc1ccc(NC2CCCNC2)cc1. The van der Waals surface area contributed by atoms with Gasteiger partial charge in [0.05, 0.1) is 6.42 Å². The minimum absolute atomic E-state index is 0.0483. The molecule has 1 heterocycles. The molecular weight excluding hydrogens is 226 g/mol. The van der Waals surface area contributed by atoms with Gasteiger partial charge in [0.1, 0.15) is 0 Å². The Balaban J connectivity index is 1.88. The van der Waals surface area contributed by atoms with E-state index in [0.717, 1.165) is 24.3 Å². The van der Waals surface area contributed by atoms with Gasteiger partial charge in [0.2, 0.25) is 5.91 Å². The van der Waals surface area contributed by atoms with Crippen LogP contribution in [0.1, 0.15) is 18.4 Å². The Kier molecular flexibility index (Phi) is 4.59. The molecular formula is C14H21N3O. The number of nitrogens with one attached hydrogen (secondary N) is 3. The zero-order valence-electron chi connectivity index (χ0n) is 10.8. The van der Waals surface area contributed by atoms with Gasteiger partial charge < -0.3 is 16.0 Å². The third-order valence-corrected chi connectivity index (χ3v) is 3.27. The number of rotatable bonds is 4. The highest BCUT2D eigenvalue weighted by Gasteiger charge is 2.12. The highest BCUT2D eigenvalue weighted by atomic mass is 16.1. The van der Waals surface area contributed by atoms with Crippen LogP contribution in [0.25, 0.3) is 0 Å². The van der Waals surface area contributed by atoms with Crippen molar-refractivity contribution in [1.82, 2.24) is 10.6 Å². The van der Waals surface area contributed by atoms with Crippen LogP contribution in [0.3, 0.4) is 0 Å². The Morgan fingerprint density at radius 2 is 2.17 bits per heavy atom. The summed E-state index contributed by atoms with van der Waals surface area (Å²) < 4.78 is 0. The van der Waals surface area contributed by atoms with E-state index < -0.39 is 0 Å². The van der Waals surface area contributed by atoms with Crippen LogP contribution in [0.5, 0.6) is 0 Å². The molecule has 0 spiro atoms. The highest BCUT2D eigenvalue weighted by molar-refractivity contribution is 5.78. The maximum atomic E-state index is 11.2. The Hall–Kier alpha value is -1.55. The monoisotopic (exact) mass is 247 g/mol. The van der Waals surface area contributed by atoms with Crippen molar-refractivity contribution in [1.29, 1.82) is 0 Å². The van der Waals surface area contributed by atoms with E-state index in [0.29, 0.717) is 12.5 Å². The van der Waals surface area contributed by atoms with Gasteiger partial charge in [-0.1, -0.05) is 12.1 Å². The average molecular weight is 247 g/mol. The lowest BCUT2D eigenvalue weighted by Gasteiger charge is -2.24. The number of anilines is 1. The molecule has 3 N–H and O–H groups in total. The lowest BCUT2D eigenvalue weighted by molar-refractivity contribution is -0.119. The summed E-state index contributed by atoms with van der Waals surface area (Å²) in [7, 11) is 1.66. The van der Waals surface area contributed by atoms with Crippen molar-refractivity contribution in [3.8, 4) is 0 Å². The molecule has 1 fully saturated rings. The summed E-state index contributed by atoms with van der Waals surface area (Å²) in [5.74, 6) is 0.0483. The van der Waals surface area contributed by atoms with Crippen LogP contribution in [0, 0.1) is 0 Å². The van der Waals surface area contributed by atoms with Crippen molar-refractivity contribution in [2.45, 2.75) is 25.3 Å². The first-order valence-electron chi connectivity index (χ1n) is 6.54. The molecule has 1 unspecified atom stereocenters. The van der Waals surface area contributed by atoms with Gasteiger partial charge in [0, 0.05) is 25.3 Å². The smallest absolute Gasteiger partial charge is 0.224 e. The Morgan fingerprint density at radius 3 is 2.78 bits per heavy atom. The number of piperidine rings is 1. The Bertz CT molecular complexity index is 383. The molecule has 18 heavy (non-hydrogen) atoms. The zero-order chi connectivity index (χ0) is 12.8. The van der Waals surface area contributed by atoms with E-state index in [4.69, 9.17) is 0 Å². The standard InChI is InChI=1S/C14H21N3O/c1-15-14(18)9-11-4-6-12(7-5-11)17-13-3-2-8-16-10-13/h4-7,13,16-17H,2-3,8-10H2,1H3,(H,15,18). The lowest BCUT2D eigenvalue weighted by Crippen LogP contribution is -2.38. The van der Waals surface area contributed by atoms with Crippen LogP contribution < -0.4 is 16.0 Å². The summed E-state index contributed by atoms with van der Waals surface area (Å²) in [5, 5.41) is 9.53. The number of hydrogen-bond donors (Lipinski definition) is 3. The molecule has 0 saturated carbocycles. The molecule has 1 saturated heterocycles. The summed E-state index contributed by atoms with van der Waals surface area (Å²) >= 11 is 0. The summed E-state index contributed by atoms with van der Waals surface area (Å²) in [4.78, 5) is 11.2. The molecule has 0 aliphatic carbocycles. The van der Waals surface area contributed by atoms with Gasteiger partial charge in [-0.25, -0.2) is 0 Å². The second-order valence-electron chi connectivity index (χ2n) is 4.73. The average Bonchev–Trinajstić information content (AvgIpc) is 2.42. The predicted molar refractivity (Wildman–Crippen MR) is 73.7 cm³/mol. The maximum Gasteiger partial charge on any atom is 0.224 e. The van der Waals surface area contributed by atoms with Crippen molar-refractivity contribution >= 4 is 11.6 Å². The fourth-order valence-corrected chi connectivity index (χ4v) is 2.20. The molecule has 1 amide bonds. The third kappa shape index (κ3) is 3.74. The number of benzene rings is 1. The molecule has 98 valence electrons. The topological polar surface area (TPSA) is 53.2 Å². The molecule has 1 aromatic rings. The molecule has 1 aliphatic rings. The van der Waals surface area contributed by atoms with Crippen molar-refractivity contribution < 1.29 is 4.79 Å². The maximum absolute atomic E-state index is 11.2. The Labute approximate surface area is 108 Å². The highest BCUT2D eigenvalue weighted by Crippen LogP contribution is 2.14. The quantitative estimate of drug-likeness (QED) is 0.748. The first-order chi connectivity index (χ1) is 8.78. The molecule has 0 radical (unpaired) electrons. The summed E-state index contributed by atoms with van der Waals surface area (Å²) in [6, 6.07) is 8.63. The molecule has 1 atom stereocenters. The lowest BCUT2D eigenvalue weighted by atomic mass is 10.1. The molecule has 4 heteroatoms. The summed E-state index contributed by atoms with van der Waals surface area (Å²) in [5.41, 5.74) is 2.17. The minimum atomic E-state index is 0.0483.